The van der Waals surface area contributed by atoms with E-state index in [4.69, 9.17) is 10.8 Å². The van der Waals surface area contributed by atoms with Crippen molar-refractivity contribution in [3.8, 4) is 0 Å². The van der Waals surface area contributed by atoms with Gasteiger partial charge >= 0.3 is 0 Å². The van der Waals surface area contributed by atoms with E-state index in [2.05, 4.69) is 20.8 Å². The van der Waals surface area contributed by atoms with Gasteiger partial charge in [-0.15, -0.1) is 0 Å². The van der Waals surface area contributed by atoms with Crippen LogP contribution in [0.25, 0.3) is 0 Å². The molecule has 0 aliphatic rings. The van der Waals surface area contributed by atoms with Crippen LogP contribution in [0.2, 0.25) is 0 Å². The number of hydrogen-bond acceptors (Lipinski definition) is 2. The summed E-state index contributed by atoms with van der Waals surface area (Å²) in [6.45, 7) is 7.53. The number of nitrogens with two attached hydrogens (primary N) is 1. The molecule has 74 valence electrons. The Kier molecular flexibility index (Phi) is 5.51. The molecule has 0 radical (unpaired) electrons. The summed E-state index contributed by atoms with van der Waals surface area (Å²) in [5.41, 5.74) is 5.82. The molecule has 0 amide bonds. The van der Waals surface area contributed by atoms with Crippen LogP contribution >= 0.6 is 0 Å². The van der Waals surface area contributed by atoms with Crippen molar-refractivity contribution in [2.24, 2.45) is 17.1 Å². The highest BCUT2D eigenvalue weighted by Crippen LogP contribution is 2.27. The van der Waals surface area contributed by atoms with Crippen molar-refractivity contribution in [1.29, 1.82) is 0 Å². The van der Waals surface area contributed by atoms with Crippen LogP contribution in [0.1, 0.15) is 40.0 Å². The highest BCUT2D eigenvalue weighted by Gasteiger charge is 2.21. The molecule has 0 aromatic rings. The Bertz CT molecular complexity index is 114. The predicted molar refractivity (Wildman–Crippen MR) is 52.9 cm³/mol. The van der Waals surface area contributed by atoms with E-state index in [1.807, 2.05) is 0 Å². The summed E-state index contributed by atoms with van der Waals surface area (Å²) < 4.78 is 0. The standard InChI is InChI=1S/C10H23NO/c1-9(2)4-5-10(3,8-11)6-7-12/h9,12H,4-8,11H2,1-3H3. The summed E-state index contributed by atoms with van der Waals surface area (Å²) in [5, 5.41) is 8.84. The van der Waals surface area contributed by atoms with E-state index in [0.717, 1.165) is 18.8 Å². The third-order valence-electron chi connectivity index (χ3n) is 2.53. The van der Waals surface area contributed by atoms with Gasteiger partial charge in [0.2, 0.25) is 0 Å². The van der Waals surface area contributed by atoms with Crippen LogP contribution in [-0.4, -0.2) is 18.3 Å². The highest BCUT2D eigenvalue weighted by atomic mass is 16.3. The SMILES string of the molecule is CC(C)CCC(C)(CN)CCO. The monoisotopic (exact) mass is 173 g/mol. The lowest BCUT2D eigenvalue weighted by Gasteiger charge is -2.27. The normalized spacial score (nSPS) is 16.5. The number of rotatable bonds is 6. The zero-order valence-corrected chi connectivity index (χ0v) is 8.64. The number of aliphatic hydroxyl groups excluding tert-OH is 1. The van der Waals surface area contributed by atoms with Gasteiger partial charge in [0.05, 0.1) is 0 Å². The fourth-order valence-electron chi connectivity index (χ4n) is 1.24. The molecule has 0 spiro atoms. The zero-order chi connectivity index (χ0) is 9.61. The maximum atomic E-state index is 8.84. The van der Waals surface area contributed by atoms with E-state index in [-0.39, 0.29) is 12.0 Å². The van der Waals surface area contributed by atoms with Gasteiger partial charge in [-0.25, -0.2) is 0 Å². The van der Waals surface area contributed by atoms with Crippen LogP contribution in [0.5, 0.6) is 0 Å². The first-order valence-electron chi connectivity index (χ1n) is 4.85. The molecular weight excluding hydrogens is 150 g/mol. The van der Waals surface area contributed by atoms with Crippen LogP contribution in [-0.2, 0) is 0 Å². The van der Waals surface area contributed by atoms with Crippen molar-refractivity contribution in [3.05, 3.63) is 0 Å². The first-order valence-corrected chi connectivity index (χ1v) is 4.85. The lowest BCUT2D eigenvalue weighted by molar-refractivity contribution is 0.184. The van der Waals surface area contributed by atoms with Crippen molar-refractivity contribution in [1.82, 2.24) is 0 Å². The molecule has 0 fully saturated rings. The molecule has 1 atom stereocenters. The van der Waals surface area contributed by atoms with E-state index in [1.165, 1.54) is 6.42 Å². The molecule has 0 aliphatic carbocycles. The quantitative estimate of drug-likeness (QED) is 0.643. The molecule has 1 unspecified atom stereocenters. The van der Waals surface area contributed by atoms with Crippen LogP contribution < -0.4 is 5.73 Å². The molecule has 0 aromatic heterocycles. The van der Waals surface area contributed by atoms with E-state index < -0.39 is 0 Å². The average molecular weight is 173 g/mol. The first kappa shape index (κ1) is 11.9. The summed E-state index contributed by atoms with van der Waals surface area (Å²) in [6, 6.07) is 0. The van der Waals surface area contributed by atoms with Crippen LogP contribution in [0.3, 0.4) is 0 Å². The van der Waals surface area contributed by atoms with Crippen molar-refractivity contribution >= 4 is 0 Å². The molecule has 0 aliphatic heterocycles. The molecule has 2 nitrogen and oxygen atoms in total. The maximum Gasteiger partial charge on any atom is 0.0436 e. The molecule has 0 rings (SSSR count). The molecule has 3 N–H and O–H groups in total. The second kappa shape index (κ2) is 5.55. The number of hydrogen-bond donors (Lipinski definition) is 2. The van der Waals surface area contributed by atoms with Gasteiger partial charge in [0.25, 0.3) is 0 Å². The molecule has 0 bridgehead atoms. The topological polar surface area (TPSA) is 46.2 Å². The molecule has 0 saturated carbocycles. The van der Waals surface area contributed by atoms with Crippen molar-refractivity contribution in [2.45, 2.75) is 40.0 Å². The van der Waals surface area contributed by atoms with Crippen molar-refractivity contribution in [3.63, 3.8) is 0 Å². The smallest absolute Gasteiger partial charge is 0.0436 e. The van der Waals surface area contributed by atoms with Gasteiger partial charge in [0.1, 0.15) is 0 Å². The predicted octanol–water partition coefficient (Wildman–Crippen LogP) is 1.77. The van der Waals surface area contributed by atoms with E-state index in [0.29, 0.717) is 6.54 Å². The molecule has 0 saturated heterocycles. The zero-order valence-electron chi connectivity index (χ0n) is 8.64. The molecular formula is C10H23NO. The Labute approximate surface area is 76.2 Å². The fraction of sp³-hybridized carbons (Fsp3) is 1.00. The van der Waals surface area contributed by atoms with E-state index >= 15 is 0 Å². The molecule has 2 heteroatoms. The Hall–Kier alpha value is -0.0800. The summed E-state index contributed by atoms with van der Waals surface area (Å²) >= 11 is 0. The third kappa shape index (κ3) is 4.73. The van der Waals surface area contributed by atoms with Gasteiger partial charge in [-0.2, -0.15) is 0 Å². The summed E-state index contributed by atoms with van der Waals surface area (Å²) in [7, 11) is 0. The summed E-state index contributed by atoms with van der Waals surface area (Å²) in [5.74, 6) is 0.731. The molecule has 0 heterocycles. The van der Waals surface area contributed by atoms with Gasteiger partial charge in [-0.05, 0) is 30.7 Å². The highest BCUT2D eigenvalue weighted by molar-refractivity contribution is 4.75. The van der Waals surface area contributed by atoms with Crippen LogP contribution in [0.4, 0.5) is 0 Å². The molecule has 12 heavy (non-hydrogen) atoms. The number of aliphatic hydroxyl groups is 1. The minimum absolute atomic E-state index is 0.152. The van der Waals surface area contributed by atoms with Gasteiger partial charge in [0, 0.05) is 6.61 Å². The van der Waals surface area contributed by atoms with Gasteiger partial charge < -0.3 is 10.8 Å². The lowest BCUT2D eigenvalue weighted by atomic mass is 9.81. The maximum absolute atomic E-state index is 8.84. The van der Waals surface area contributed by atoms with Gasteiger partial charge in [0.15, 0.2) is 0 Å². The minimum Gasteiger partial charge on any atom is -0.396 e. The first-order chi connectivity index (χ1) is 5.54. The second-order valence-corrected chi connectivity index (χ2v) is 4.42. The van der Waals surface area contributed by atoms with Crippen LogP contribution in [0, 0.1) is 11.3 Å². The largest absolute Gasteiger partial charge is 0.396 e. The summed E-state index contributed by atoms with van der Waals surface area (Å²) in [6.07, 6.45) is 3.16. The Balaban J connectivity index is 3.78. The minimum atomic E-state index is 0.152. The second-order valence-electron chi connectivity index (χ2n) is 4.42. The fourth-order valence-corrected chi connectivity index (χ4v) is 1.24. The van der Waals surface area contributed by atoms with E-state index in [9.17, 15) is 0 Å². The van der Waals surface area contributed by atoms with Gasteiger partial charge in [-0.3, -0.25) is 0 Å². The van der Waals surface area contributed by atoms with Crippen molar-refractivity contribution < 1.29 is 5.11 Å². The Morgan fingerprint density at radius 1 is 1.33 bits per heavy atom. The summed E-state index contributed by atoms with van der Waals surface area (Å²) in [4.78, 5) is 0. The average Bonchev–Trinajstić information content (AvgIpc) is 2.02. The van der Waals surface area contributed by atoms with Crippen molar-refractivity contribution in [2.75, 3.05) is 13.2 Å². The van der Waals surface area contributed by atoms with Gasteiger partial charge in [-0.1, -0.05) is 27.2 Å². The Morgan fingerprint density at radius 2 is 1.92 bits per heavy atom. The van der Waals surface area contributed by atoms with Crippen LogP contribution in [0.15, 0.2) is 0 Å². The third-order valence-corrected chi connectivity index (χ3v) is 2.53. The van der Waals surface area contributed by atoms with E-state index in [1.54, 1.807) is 0 Å². The lowest BCUT2D eigenvalue weighted by Crippen LogP contribution is -2.28. The Morgan fingerprint density at radius 3 is 2.25 bits per heavy atom. The molecule has 0 aromatic carbocycles.